The first kappa shape index (κ1) is 74.9. The van der Waals surface area contributed by atoms with Crippen molar-refractivity contribution in [3.63, 3.8) is 0 Å². The molecule has 2 unspecified atom stereocenters. The van der Waals surface area contributed by atoms with E-state index in [1.54, 1.807) is 0 Å². The molecule has 0 saturated heterocycles. The lowest BCUT2D eigenvalue weighted by atomic mass is 10.0. The zero-order valence-electron chi connectivity index (χ0n) is 51.1. The van der Waals surface area contributed by atoms with Crippen molar-refractivity contribution < 1.29 is 42.1 Å². The second-order valence-electron chi connectivity index (χ2n) is 22.4. The van der Waals surface area contributed by atoms with Gasteiger partial charge in [0.1, 0.15) is 19.8 Å². The number of allylic oxidation sites excluding steroid dienone is 16. The largest absolute Gasteiger partial charge is 0.756 e. The fourth-order valence-electron chi connectivity index (χ4n) is 8.69. The van der Waals surface area contributed by atoms with E-state index in [-0.39, 0.29) is 32.0 Å². The Bertz CT molecular complexity index is 1640. The molecule has 78 heavy (non-hydrogen) atoms. The van der Waals surface area contributed by atoms with Gasteiger partial charge in [0.15, 0.2) is 6.10 Å². The van der Waals surface area contributed by atoms with Crippen molar-refractivity contribution in [2.75, 3.05) is 47.5 Å². The molecule has 0 aliphatic rings. The fourth-order valence-corrected chi connectivity index (χ4v) is 9.42. The van der Waals surface area contributed by atoms with Crippen LogP contribution in [0.5, 0.6) is 0 Å². The highest BCUT2D eigenvalue weighted by molar-refractivity contribution is 7.45. The third-order valence-corrected chi connectivity index (χ3v) is 14.6. The second-order valence-corrected chi connectivity index (χ2v) is 23.8. The number of hydrogen-bond acceptors (Lipinski definition) is 8. The van der Waals surface area contributed by atoms with Crippen molar-refractivity contribution in [2.45, 2.75) is 277 Å². The third-order valence-electron chi connectivity index (χ3n) is 13.6. The molecule has 9 nitrogen and oxygen atoms in total. The number of rotatable bonds is 58. The summed E-state index contributed by atoms with van der Waals surface area (Å²) in [6.07, 6.45) is 80.3. The summed E-state index contributed by atoms with van der Waals surface area (Å²) < 4.78 is 34.2. The smallest absolute Gasteiger partial charge is 0.306 e. The first-order valence-corrected chi connectivity index (χ1v) is 33.4. The number of phosphoric acid groups is 1. The molecule has 0 radical (unpaired) electrons. The van der Waals surface area contributed by atoms with Crippen molar-refractivity contribution in [1.29, 1.82) is 0 Å². The van der Waals surface area contributed by atoms with Crippen molar-refractivity contribution in [3.05, 3.63) is 97.2 Å². The quantitative estimate of drug-likeness (QED) is 0.0195. The molecule has 0 amide bonds. The monoisotopic (exact) mass is 1110 g/mol. The summed E-state index contributed by atoms with van der Waals surface area (Å²) in [6, 6.07) is 0. The zero-order valence-corrected chi connectivity index (χ0v) is 52.0. The first-order valence-electron chi connectivity index (χ1n) is 31.9. The van der Waals surface area contributed by atoms with Crippen molar-refractivity contribution in [1.82, 2.24) is 0 Å². The number of unbranched alkanes of at least 4 members (excludes halogenated alkanes) is 28. The zero-order chi connectivity index (χ0) is 57.0. The Labute approximate surface area is 481 Å². The molecule has 0 aromatic rings. The number of carbonyl (C=O) groups excluding carboxylic acids is 2. The van der Waals surface area contributed by atoms with Crippen molar-refractivity contribution >= 4 is 19.8 Å². The lowest BCUT2D eigenvalue weighted by Crippen LogP contribution is -2.37. The molecule has 0 aromatic heterocycles. The lowest BCUT2D eigenvalue weighted by Gasteiger charge is -2.28. The van der Waals surface area contributed by atoms with Gasteiger partial charge in [-0.25, -0.2) is 0 Å². The molecule has 0 bridgehead atoms. The van der Waals surface area contributed by atoms with E-state index >= 15 is 0 Å². The van der Waals surface area contributed by atoms with Gasteiger partial charge in [0.05, 0.1) is 27.7 Å². The molecule has 0 aromatic carbocycles. The molecular weight excluding hydrogens is 990 g/mol. The Morgan fingerprint density at radius 3 is 1.09 bits per heavy atom. The number of likely N-dealkylation sites (N-methyl/N-ethyl adjacent to an activating group) is 1. The van der Waals surface area contributed by atoms with Crippen LogP contribution in [0.25, 0.3) is 0 Å². The molecule has 0 rings (SSSR count). The minimum Gasteiger partial charge on any atom is -0.756 e. The molecule has 450 valence electrons. The number of ether oxygens (including phenoxy) is 2. The maximum absolute atomic E-state index is 12.8. The van der Waals surface area contributed by atoms with E-state index in [4.69, 9.17) is 18.5 Å². The van der Waals surface area contributed by atoms with Gasteiger partial charge in [0, 0.05) is 12.8 Å². The number of phosphoric ester groups is 1. The fraction of sp³-hybridized carbons (Fsp3) is 0.735. The highest BCUT2D eigenvalue weighted by atomic mass is 31.2. The summed E-state index contributed by atoms with van der Waals surface area (Å²) in [5.74, 6) is -0.837. The summed E-state index contributed by atoms with van der Waals surface area (Å²) >= 11 is 0. The van der Waals surface area contributed by atoms with Crippen LogP contribution in [0.1, 0.15) is 271 Å². The average Bonchev–Trinajstić information content (AvgIpc) is 3.41. The number of hydrogen-bond donors (Lipinski definition) is 0. The Hall–Kier alpha value is -3.07. The number of carbonyl (C=O) groups is 2. The number of nitrogens with zero attached hydrogens (tertiary/aromatic N) is 1. The van der Waals surface area contributed by atoms with Gasteiger partial charge < -0.3 is 27.9 Å². The molecule has 0 spiro atoms. The standard InChI is InChI=1S/C68H120NO8P/c1-6-8-10-12-14-16-18-20-22-24-26-28-30-32-33-34-35-37-39-41-43-45-47-49-51-53-55-57-59-61-68(71)77-66(65-76-78(72,73)75-63-62-69(3,4)5)64-74-67(70)60-58-56-54-52-50-48-46-44-42-40-38-36-31-29-27-25-23-21-19-17-15-13-11-9-7-2/h8,10,14,16,19-22,25-28,32-33,35,37,66H,6-7,9,11-13,15,17-18,23-24,29-31,34,36,38-65H2,1-5H3/b10-8-,16-14-,21-19-,22-20-,27-25-,28-26-,33-32-,37-35-. The molecule has 2 atom stereocenters. The van der Waals surface area contributed by atoms with Crippen LogP contribution in [0.4, 0.5) is 0 Å². The van der Waals surface area contributed by atoms with E-state index in [1.165, 1.54) is 148 Å². The lowest BCUT2D eigenvalue weighted by molar-refractivity contribution is -0.870. The van der Waals surface area contributed by atoms with E-state index in [0.717, 1.165) is 89.9 Å². The minimum atomic E-state index is -4.65. The predicted molar refractivity (Wildman–Crippen MR) is 332 cm³/mol. The van der Waals surface area contributed by atoms with E-state index in [0.29, 0.717) is 17.4 Å². The van der Waals surface area contributed by atoms with Crippen LogP contribution in [0.2, 0.25) is 0 Å². The van der Waals surface area contributed by atoms with Crippen molar-refractivity contribution in [2.24, 2.45) is 0 Å². The molecular formula is C68H120NO8P. The Balaban J connectivity index is 4.14. The maximum Gasteiger partial charge on any atom is 0.306 e. The Morgan fingerprint density at radius 2 is 0.731 bits per heavy atom. The van der Waals surface area contributed by atoms with Gasteiger partial charge in [-0.05, 0) is 96.3 Å². The highest BCUT2D eigenvalue weighted by Crippen LogP contribution is 2.38. The van der Waals surface area contributed by atoms with Crippen LogP contribution in [0.3, 0.4) is 0 Å². The maximum atomic E-state index is 12.8. The molecule has 10 heteroatoms. The number of quaternary nitrogens is 1. The summed E-state index contributed by atoms with van der Waals surface area (Å²) in [7, 11) is 1.16. The second kappa shape index (κ2) is 58.6. The third kappa shape index (κ3) is 62.1. The van der Waals surface area contributed by atoms with Gasteiger partial charge >= 0.3 is 11.9 Å². The van der Waals surface area contributed by atoms with Crippen LogP contribution in [-0.4, -0.2) is 70.0 Å². The summed E-state index contributed by atoms with van der Waals surface area (Å²) in [6.45, 7) is 4.13. The summed E-state index contributed by atoms with van der Waals surface area (Å²) in [5.41, 5.74) is 0. The van der Waals surface area contributed by atoms with E-state index < -0.39 is 26.5 Å². The molecule has 0 aliphatic heterocycles. The average molecular weight is 1110 g/mol. The molecule has 0 aliphatic carbocycles. The van der Waals surface area contributed by atoms with Crippen molar-refractivity contribution in [3.8, 4) is 0 Å². The Kier molecular flexibility index (Phi) is 56.3. The van der Waals surface area contributed by atoms with Gasteiger partial charge in [-0.3, -0.25) is 14.2 Å². The Morgan fingerprint density at radius 1 is 0.410 bits per heavy atom. The first-order chi connectivity index (χ1) is 38.0. The minimum absolute atomic E-state index is 0.0355. The van der Waals surface area contributed by atoms with Gasteiger partial charge in [-0.2, -0.15) is 0 Å². The highest BCUT2D eigenvalue weighted by Gasteiger charge is 2.22. The van der Waals surface area contributed by atoms with Crippen LogP contribution in [-0.2, 0) is 32.7 Å². The van der Waals surface area contributed by atoms with Crippen LogP contribution >= 0.6 is 7.82 Å². The topological polar surface area (TPSA) is 111 Å². The van der Waals surface area contributed by atoms with E-state index in [1.807, 2.05) is 21.1 Å². The van der Waals surface area contributed by atoms with Crippen LogP contribution in [0, 0.1) is 0 Å². The molecule has 0 saturated carbocycles. The SMILES string of the molecule is CC/C=C\C/C=C\C/C=C\C/C=C\C/C=C\C/C=C\CCCCCCCCCCCCC(=O)OC(COC(=O)CCCCCCCCCCCCCCC/C=C\C/C=C\CCCCCCC)COP(=O)([O-])OCC[N+](C)(C)C. The van der Waals surface area contributed by atoms with Gasteiger partial charge in [-0.1, -0.05) is 259 Å². The van der Waals surface area contributed by atoms with Gasteiger partial charge in [0.25, 0.3) is 7.82 Å². The predicted octanol–water partition coefficient (Wildman–Crippen LogP) is 19.7. The van der Waals surface area contributed by atoms with Gasteiger partial charge in [-0.15, -0.1) is 0 Å². The van der Waals surface area contributed by atoms with Crippen LogP contribution < -0.4 is 4.89 Å². The van der Waals surface area contributed by atoms with E-state index in [2.05, 4.69) is 111 Å². The molecule has 0 fully saturated rings. The molecule has 0 N–H and O–H groups in total. The number of esters is 2. The van der Waals surface area contributed by atoms with Crippen LogP contribution in [0.15, 0.2) is 97.2 Å². The summed E-state index contributed by atoms with van der Waals surface area (Å²) in [4.78, 5) is 38.0. The van der Waals surface area contributed by atoms with Gasteiger partial charge in [0.2, 0.25) is 0 Å². The molecule has 0 heterocycles. The normalized spacial score (nSPS) is 13.9. The summed E-state index contributed by atoms with van der Waals surface area (Å²) in [5, 5.41) is 0. The van der Waals surface area contributed by atoms with E-state index in [9.17, 15) is 19.0 Å².